The first-order chi connectivity index (χ1) is 22.3. The molecule has 0 unspecified atom stereocenters. The van der Waals surface area contributed by atoms with Crippen molar-refractivity contribution in [2.45, 2.75) is 0 Å². The van der Waals surface area contributed by atoms with Crippen molar-refractivity contribution in [3.05, 3.63) is 152 Å². The van der Waals surface area contributed by atoms with Crippen molar-refractivity contribution in [3.63, 3.8) is 0 Å². The SMILES string of the molecule is c1ccc(-c2ccc(-c3nc(-c4ccc(-c5ccc6c(c5)ncc5ccccc56)cc4)nc4c3sc3ccccc34)cc2)cc1. The van der Waals surface area contributed by atoms with Gasteiger partial charge < -0.3 is 0 Å². The zero-order valence-corrected chi connectivity index (χ0v) is 25.0. The average molecular weight is 592 g/mol. The molecule has 0 atom stereocenters. The molecular weight excluding hydrogens is 567 g/mol. The van der Waals surface area contributed by atoms with Crippen LogP contribution in [0.4, 0.5) is 0 Å². The first kappa shape index (κ1) is 25.8. The van der Waals surface area contributed by atoms with Crippen molar-refractivity contribution < 1.29 is 0 Å². The van der Waals surface area contributed by atoms with Crippen LogP contribution in [-0.2, 0) is 0 Å². The molecule has 0 saturated heterocycles. The Morgan fingerprint density at radius 1 is 0.444 bits per heavy atom. The second kappa shape index (κ2) is 10.5. The van der Waals surface area contributed by atoms with Crippen LogP contribution >= 0.6 is 11.3 Å². The van der Waals surface area contributed by atoms with Gasteiger partial charge in [-0.3, -0.25) is 4.98 Å². The van der Waals surface area contributed by atoms with Crippen molar-refractivity contribution in [2.24, 2.45) is 0 Å². The molecule has 3 nitrogen and oxygen atoms in total. The maximum absolute atomic E-state index is 5.20. The third kappa shape index (κ3) is 4.46. The zero-order chi connectivity index (χ0) is 29.7. The number of thiophene rings is 1. The van der Waals surface area contributed by atoms with Gasteiger partial charge in [-0.15, -0.1) is 11.3 Å². The number of pyridine rings is 1. The highest BCUT2D eigenvalue weighted by molar-refractivity contribution is 7.26. The van der Waals surface area contributed by atoms with E-state index < -0.39 is 0 Å². The highest BCUT2D eigenvalue weighted by atomic mass is 32.1. The fraction of sp³-hybridized carbons (Fsp3) is 0. The van der Waals surface area contributed by atoms with Crippen LogP contribution in [0.25, 0.3) is 86.9 Å². The molecule has 0 aliphatic rings. The van der Waals surface area contributed by atoms with Crippen LogP contribution < -0.4 is 0 Å². The van der Waals surface area contributed by atoms with E-state index in [-0.39, 0.29) is 0 Å². The van der Waals surface area contributed by atoms with Crippen LogP contribution in [0.2, 0.25) is 0 Å². The van der Waals surface area contributed by atoms with Crippen molar-refractivity contribution in [3.8, 4) is 44.9 Å². The summed E-state index contributed by atoms with van der Waals surface area (Å²) >= 11 is 1.76. The lowest BCUT2D eigenvalue weighted by Gasteiger charge is -2.10. The van der Waals surface area contributed by atoms with Crippen molar-refractivity contribution in [2.75, 3.05) is 0 Å². The molecule has 0 N–H and O–H groups in total. The van der Waals surface area contributed by atoms with E-state index in [0.717, 1.165) is 60.3 Å². The molecule has 45 heavy (non-hydrogen) atoms. The van der Waals surface area contributed by atoms with Gasteiger partial charge in [0.05, 0.1) is 21.4 Å². The zero-order valence-electron chi connectivity index (χ0n) is 24.2. The minimum absolute atomic E-state index is 0.728. The summed E-state index contributed by atoms with van der Waals surface area (Å²) in [5.41, 5.74) is 9.70. The first-order valence-electron chi connectivity index (χ1n) is 15.0. The van der Waals surface area contributed by atoms with Gasteiger partial charge in [0.1, 0.15) is 0 Å². The smallest absolute Gasteiger partial charge is 0.160 e. The topological polar surface area (TPSA) is 38.7 Å². The van der Waals surface area contributed by atoms with Crippen LogP contribution in [0.1, 0.15) is 0 Å². The van der Waals surface area contributed by atoms with Crippen LogP contribution in [0.3, 0.4) is 0 Å². The molecule has 0 radical (unpaired) electrons. The summed E-state index contributed by atoms with van der Waals surface area (Å²) in [4.78, 5) is 15.1. The Hall–Kier alpha value is -5.71. The molecule has 210 valence electrons. The summed E-state index contributed by atoms with van der Waals surface area (Å²) in [6.07, 6.45) is 1.96. The molecule has 0 aliphatic carbocycles. The first-order valence-corrected chi connectivity index (χ1v) is 15.8. The Bertz CT molecular complexity index is 2520. The Labute approximate surface area is 264 Å². The number of fused-ring (bicyclic) bond motifs is 6. The fourth-order valence-electron chi connectivity index (χ4n) is 6.22. The van der Waals surface area contributed by atoms with E-state index >= 15 is 0 Å². The van der Waals surface area contributed by atoms with Crippen molar-refractivity contribution in [1.82, 2.24) is 15.0 Å². The quantitative estimate of drug-likeness (QED) is 0.191. The lowest BCUT2D eigenvalue weighted by Crippen LogP contribution is -1.94. The van der Waals surface area contributed by atoms with Gasteiger partial charge in [0.25, 0.3) is 0 Å². The molecule has 9 rings (SSSR count). The maximum atomic E-state index is 5.20. The molecular formula is C41H25N3S. The predicted octanol–water partition coefficient (Wildman–Crippen LogP) is 11.2. The molecule has 0 aliphatic heterocycles. The third-order valence-electron chi connectivity index (χ3n) is 8.55. The number of hydrogen-bond donors (Lipinski definition) is 0. The van der Waals surface area contributed by atoms with E-state index in [9.17, 15) is 0 Å². The van der Waals surface area contributed by atoms with E-state index in [1.807, 2.05) is 12.3 Å². The van der Waals surface area contributed by atoms with Gasteiger partial charge in [-0.2, -0.15) is 0 Å². The molecule has 0 amide bonds. The Morgan fingerprint density at radius 2 is 1.07 bits per heavy atom. The third-order valence-corrected chi connectivity index (χ3v) is 9.72. The minimum Gasteiger partial charge on any atom is -0.256 e. The number of hydrogen-bond acceptors (Lipinski definition) is 4. The summed E-state index contributed by atoms with van der Waals surface area (Å²) in [6.45, 7) is 0. The van der Waals surface area contributed by atoms with Crippen LogP contribution in [0.15, 0.2) is 152 Å². The largest absolute Gasteiger partial charge is 0.256 e. The lowest BCUT2D eigenvalue weighted by molar-refractivity contribution is 1.24. The molecule has 6 aromatic carbocycles. The van der Waals surface area contributed by atoms with Crippen LogP contribution in [-0.4, -0.2) is 15.0 Å². The molecule has 0 spiro atoms. The van der Waals surface area contributed by atoms with E-state index in [2.05, 4.69) is 140 Å². The molecule has 3 heterocycles. The lowest BCUT2D eigenvalue weighted by atomic mass is 10.00. The summed E-state index contributed by atoms with van der Waals surface area (Å²) in [7, 11) is 0. The van der Waals surface area contributed by atoms with Gasteiger partial charge in [-0.25, -0.2) is 9.97 Å². The van der Waals surface area contributed by atoms with E-state index in [1.54, 1.807) is 11.3 Å². The Balaban J connectivity index is 1.13. The summed E-state index contributed by atoms with van der Waals surface area (Å²) < 4.78 is 2.33. The van der Waals surface area contributed by atoms with Crippen molar-refractivity contribution in [1.29, 1.82) is 0 Å². The molecule has 4 heteroatoms. The molecule has 0 fully saturated rings. The summed E-state index contributed by atoms with van der Waals surface area (Å²) in [5, 5.41) is 4.71. The van der Waals surface area contributed by atoms with Crippen molar-refractivity contribution >= 4 is 53.3 Å². The van der Waals surface area contributed by atoms with Gasteiger partial charge in [0, 0.05) is 38.2 Å². The molecule has 0 bridgehead atoms. The average Bonchev–Trinajstić information content (AvgIpc) is 3.50. The van der Waals surface area contributed by atoms with E-state index in [1.165, 1.54) is 26.6 Å². The summed E-state index contributed by atoms with van der Waals surface area (Å²) in [6, 6.07) is 51.2. The Kier molecular flexibility index (Phi) is 6.00. The van der Waals surface area contributed by atoms with Gasteiger partial charge in [0.15, 0.2) is 5.82 Å². The second-order valence-corrected chi connectivity index (χ2v) is 12.3. The van der Waals surface area contributed by atoms with Crippen LogP contribution in [0, 0.1) is 0 Å². The number of aromatic nitrogens is 3. The second-order valence-electron chi connectivity index (χ2n) is 11.3. The standard InChI is InChI=1S/C41H25N3S/c1-2-8-26(9-3-1)27-14-18-29(19-15-27)38-40-39(35-12-6-7-13-37(35)45-40)44-41(43-38)30-20-16-28(17-21-30)31-22-23-34-33-11-5-4-10-32(33)25-42-36(34)24-31/h1-25H. The predicted molar refractivity (Wildman–Crippen MR) is 189 cm³/mol. The van der Waals surface area contributed by atoms with Gasteiger partial charge in [-0.05, 0) is 39.8 Å². The normalized spacial score (nSPS) is 11.6. The van der Waals surface area contributed by atoms with Gasteiger partial charge >= 0.3 is 0 Å². The minimum atomic E-state index is 0.728. The number of rotatable bonds is 4. The molecule has 3 aromatic heterocycles. The monoisotopic (exact) mass is 591 g/mol. The van der Waals surface area contributed by atoms with E-state index in [0.29, 0.717) is 0 Å². The Morgan fingerprint density at radius 3 is 1.89 bits per heavy atom. The maximum Gasteiger partial charge on any atom is 0.160 e. The summed E-state index contributed by atoms with van der Waals surface area (Å²) in [5.74, 6) is 0.728. The number of benzene rings is 6. The molecule has 0 saturated carbocycles. The highest BCUT2D eigenvalue weighted by Gasteiger charge is 2.17. The van der Waals surface area contributed by atoms with Gasteiger partial charge in [0.2, 0.25) is 0 Å². The van der Waals surface area contributed by atoms with E-state index in [4.69, 9.17) is 15.0 Å². The molecule has 9 aromatic rings. The van der Waals surface area contributed by atoms with Crippen LogP contribution in [0.5, 0.6) is 0 Å². The van der Waals surface area contributed by atoms with Gasteiger partial charge in [-0.1, -0.05) is 133 Å². The number of nitrogens with zero attached hydrogens (tertiary/aromatic N) is 3. The fourth-order valence-corrected chi connectivity index (χ4v) is 7.37. The highest BCUT2D eigenvalue weighted by Crippen LogP contribution is 2.40.